The van der Waals surface area contributed by atoms with Crippen LogP contribution in [0.1, 0.15) is 67.7 Å². The predicted molar refractivity (Wildman–Crippen MR) is 151 cm³/mol. The SMILES string of the molecule is COc1ccc(CN(C[C@@H]2CCCO2)[C@H](c2cc3cc(C)c(C)cc3[nH]c2=O)c2nnnn2C(C)(C)C)cc1. The molecule has 2 aromatic carbocycles. The zero-order valence-corrected chi connectivity index (χ0v) is 23.7. The van der Waals surface area contributed by atoms with Gasteiger partial charge in [0.15, 0.2) is 5.82 Å². The van der Waals surface area contributed by atoms with E-state index in [4.69, 9.17) is 9.47 Å². The number of fused-ring (bicyclic) bond motifs is 1. The minimum atomic E-state index is -0.500. The maximum atomic E-state index is 13.8. The van der Waals surface area contributed by atoms with Crippen LogP contribution in [-0.4, -0.2) is 56.5 Å². The number of H-pyrrole nitrogens is 1. The highest BCUT2D eigenvalue weighted by atomic mass is 16.5. The summed E-state index contributed by atoms with van der Waals surface area (Å²) in [5.41, 5.74) is 4.30. The van der Waals surface area contributed by atoms with Crippen LogP contribution in [0.15, 0.2) is 47.3 Å². The van der Waals surface area contributed by atoms with E-state index < -0.39 is 6.04 Å². The number of tetrazole rings is 1. The summed E-state index contributed by atoms with van der Waals surface area (Å²) in [5.74, 6) is 1.43. The lowest BCUT2D eigenvalue weighted by molar-refractivity contribution is 0.0564. The van der Waals surface area contributed by atoms with Crippen LogP contribution in [0.2, 0.25) is 0 Å². The molecule has 0 spiro atoms. The fraction of sp³-hybridized carbons (Fsp3) is 0.467. The average Bonchev–Trinajstić information content (AvgIpc) is 3.59. The predicted octanol–water partition coefficient (Wildman–Crippen LogP) is 4.67. The van der Waals surface area contributed by atoms with Crippen molar-refractivity contribution in [3.63, 3.8) is 0 Å². The Morgan fingerprint density at radius 1 is 1.15 bits per heavy atom. The molecule has 0 saturated carbocycles. The van der Waals surface area contributed by atoms with Crippen molar-refractivity contribution in [2.75, 3.05) is 20.3 Å². The van der Waals surface area contributed by atoms with E-state index in [1.54, 1.807) is 7.11 Å². The molecule has 206 valence electrons. The van der Waals surface area contributed by atoms with Gasteiger partial charge in [-0.1, -0.05) is 12.1 Å². The van der Waals surface area contributed by atoms with E-state index in [9.17, 15) is 4.79 Å². The van der Waals surface area contributed by atoms with E-state index >= 15 is 0 Å². The molecular formula is C30H38N6O3. The summed E-state index contributed by atoms with van der Waals surface area (Å²) >= 11 is 0. The fourth-order valence-corrected chi connectivity index (χ4v) is 5.31. The Hall–Kier alpha value is -3.56. The Morgan fingerprint density at radius 3 is 2.56 bits per heavy atom. The summed E-state index contributed by atoms with van der Waals surface area (Å²) in [5, 5.41) is 13.9. The largest absolute Gasteiger partial charge is 0.497 e. The second kappa shape index (κ2) is 10.9. The summed E-state index contributed by atoms with van der Waals surface area (Å²) in [7, 11) is 1.66. The quantitative estimate of drug-likeness (QED) is 0.354. The average molecular weight is 531 g/mol. The van der Waals surface area contributed by atoms with Crippen molar-refractivity contribution in [2.24, 2.45) is 0 Å². The summed E-state index contributed by atoms with van der Waals surface area (Å²) in [6.45, 7) is 12.3. The van der Waals surface area contributed by atoms with Gasteiger partial charge in [-0.3, -0.25) is 9.69 Å². The Labute approximate surface area is 229 Å². The van der Waals surface area contributed by atoms with E-state index in [0.29, 0.717) is 24.5 Å². The van der Waals surface area contributed by atoms with Crippen LogP contribution in [-0.2, 0) is 16.8 Å². The summed E-state index contributed by atoms with van der Waals surface area (Å²) in [6, 6.07) is 13.7. The highest BCUT2D eigenvalue weighted by Gasteiger charge is 2.35. The van der Waals surface area contributed by atoms with E-state index in [1.807, 2.05) is 28.9 Å². The van der Waals surface area contributed by atoms with Gasteiger partial charge in [0.25, 0.3) is 5.56 Å². The van der Waals surface area contributed by atoms with E-state index in [-0.39, 0.29) is 17.2 Å². The number of methoxy groups -OCH3 is 1. The number of nitrogens with zero attached hydrogens (tertiary/aromatic N) is 5. The summed E-state index contributed by atoms with van der Waals surface area (Å²) in [4.78, 5) is 19.2. The molecule has 0 unspecified atom stereocenters. The van der Waals surface area contributed by atoms with Gasteiger partial charge in [-0.2, -0.15) is 0 Å². The minimum absolute atomic E-state index is 0.0640. The van der Waals surface area contributed by atoms with Crippen molar-refractivity contribution in [1.29, 1.82) is 0 Å². The highest BCUT2D eigenvalue weighted by molar-refractivity contribution is 5.81. The maximum absolute atomic E-state index is 13.8. The summed E-state index contributed by atoms with van der Waals surface area (Å²) < 4.78 is 13.3. The van der Waals surface area contributed by atoms with E-state index in [0.717, 1.165) is 47.2 Å². The van der Waals surface area contributed by atoms with Crippen molar-refractivity contribution in [2.45, 2.75) is 71.7 Å². The molecule has 0 aliphatic carbocycles. The molecule has 0 bridgehead atoms. The lowest BCUT2D eigenvalue weighted by Crippen LogP contribution is -2.40. The molecule has 1 aliphatic heterocycles. The first-order valence-corrected chi connectivity index (χ1v) is 13.6. The lowest BCUT2D eigenvalue weighted by atomic mass is 9.99. The number of hydrogen-bond acceptors (Lipinski definition) is 7. The van der Waals surface area contributed by atoms with E-state index in [1.165, 1.54) is 5.56 Å². The number of aryl methyl sites for hydroxylation is 2. The second-order valence-corrected chi connectivity index (χ2v) is 11.5. The molecule has 1 fully saturated rings. The summed E-state index contributed by atoms with van der Waals surface area (Å²) in [6.07, 6.45) is 2.07. The van der Waals surface area contributed by atoms with Crippen LogP contribution in [0.4, 0.5) is 0 Å². The van der Waals surface area contributed by atoms with Gasteiger partial charge in [-0.25, -0.2) is 4.68 Å². The third kappa shape index (κ3) is 5.74. The third-order valence-corrected chi connectivity index (χ3v) is 7.53. The zero-order chi connectivity index (χ0) is 27.7. The Kier molecular flexibility index (Phi) is 7.55. The zero-order valence-electron chi connectivity index (χ0n) is 23.7. The van der Waals surface area contributed by atoms with Crippen LogP contribution in [0.25, 0.3) is 10.9 Å². The molecule has 4 aromatic rings. The van der Waals surface area contributed by atoms with Gasteiger partial charge in [0.05, 0.1) is 18.8 Å². The molecule has 1 aliphatic rings. The van der Waals surface area contributed by atoms with Gasteiger partial charge in [0, 0.05) is 30.8 Å². The van der Waals surface area contributed by atoms with Gasteiger partial charge >= 0.3 is 0 Å². The number of ether oxygens (including phenoxy) is 2. The van der Waals surface area contributed by atoms with Gasteiger partial charge in [-0.05, 0) is 110 Å². The number of nitrogens with one attached hydrogen (secondary N) is 1. The standard InChI is InChI=1S/C30H38N6O3/c1-19-14-22-16-25(29(37)31-26(22)15-20(19)2)27(28-32-33-34-36(28)30(3,4)5)35(18-24-8-7-13-39-24)17-21-9-11-23(38-6)12-10-21/h9-12,14-16,24,27H,7-8,13,17-18H2,1-6H3,(H,31,37)/t24-,27+/m0/s1. The molecule has 0 amide bonds. The van der Waals surface area contributed by atoms with E-state index in [2.05, 4.69) is 78.2 Å². The third-order valence-electron chi connectivity index (χ3n) is 7.53. The number of hydrogen-bond donors (Lipinski definition) is 1. The normalized spacial score (nSPS) is 16.7. The molecule has 9 heteroatoms. The molecule has 39 heavy (non-hydrogen) atoms. The van der Waals surface area contributed by atoms with Crippen molar-refractivity contribution < 1.29 is 9.47 Å². The topological polar surface area (TPSA) is 98.2 Å². The van der Waals surface area contributed by atoms with Crippen LogP contribution < -0.4 is 10.3 Å². The van der Waals surface area contributed by atoms with Crippen LogP contribution >= 0.6 is 0 Å². The number of benzene rings is 2. The molecule has 9 nitrogen and oxygen atoms in total. The Balaban J connectivity index is 1.69. The Morgan fingerprint density at radius 2 is 1.90 bits per heavy atom. The van der Waals surface area contributed by atoms with Crippen LogP contribution in [0.3, 0.4) is 0 Å². The van der Waals surface area contributed by atoms with Gasteiger partial charge < -0.3 is 14.5 Å². The number of pyridine rings is 1. The van der Waals surface area contributed by atoms with Crippen molar-refractivity contribution in [3.8, 4) is 5.75 Å². The second-order valence-electron chi connectivity index (χ2n) is 11.5. The van der Waals surface area contributed by atoms with Crippen molar-refractivity contribution in [3.05, 3.63) is 80.9 Å². The Bertz CT molecular complexity index is 1500. The van der Waals surface area contributed by atoms with Crippen molar-refractivity contribution >= 4 is 10.9 Å². The number of aromatic amines is 1. The molecule has 5 rings (SSSR count). The molecular weight excluding hydrogens is 492 g/mol. The number of aromatic nitrogens is 5. The van der Waals surface area contributed by atoms with Crippen molar-refractivity contribution in [1.82, 2.24) is 30.1 Å². The van der Waals surface area contributed by atoms with Gasteiger partial charge in [0.2, 0.25) is 0 Å². The molecule has 0 radical (unpaired) electrons. The smallest absolute Gasteiger partial charge is 0.253 e. The van der Waals surface area contributed by atoms with Gasteiger partial charge in [-0.15, -0.1) is 5.10 Å². The minimum Gasteiger partial charge on any atom is -0.497 e. The van der Waals surface area contributed by atoms with Gasteiger partial charge in [0.1, 0.15) is 11.8 Å². The molecule has 2 aromatic heterocycles. The fourth-order valence-electron chi connectivity index (χ4n) is 5.31. The first-order valence-electron chi connectivity index (χ1n) is 13.6. The van der Waals surface area contributed by atoms with Crippen LogP contribution in [0.5, 0.6) is 5.75 Å². The molecule has 3 heterocycles. The number of rotatable bonds is 8. The first kappa shape index (κ1) is 27.0. The first-order chi connectivity index (χ1) is 18.6. The lowest BCUT2D eigenvalue weighted by Gasteiger charge is -2.34. The molecule has 2 atom stereocenters. The monoisotopic (exact) mass is 530 g/mol. The molecule has 1 saturated heterocycles. The maximum Gasteiger partial charge on any atom is 0.253 e. The highest BCUT2D eigenvalue weighted by Crippen LogP contribution is 2.32. The molecule has 1 N–H and O–H groups in total. The van der Waals surface area contributed by atoms with Crippen LogP contribution in [0, 0.1) is 13.8 Å².